The number of esters is 3. The molecule has 9 rings (SSSR count). The van der Waals surface area contributed by atoms with E-state index in [1.807, 2.05) is 25.1 Å². The van der Waals surface area contributed by atoms with Crippen molar-refractivity contribution in [2.45, 2.75) is 114 Å². The summed E-state index contributed by atoms with van der Waals surface area (Å²) in [5.41, 5.74) is 8.85. The molecule has 0 spiro atoms. The molecule has 9 aromatic carbocycles. The molecule has 9 aromatic rings. The first-order chi connectivity index (χ1) is 57.5. The zero-order valence-electron chi connectivity index (χ0n) is 79.5. The van der Waals surface area contributed by atoms with Crippen LogP contribution in [0.25, 0.3) is 0 Å². The van der Waals surface area contributed by atoms with E-state index in [2.05, 4.69) is 288 Å². The molecule has 0 aromatic heterocycles. The van der Waals surface area contributed by atoms with Gasteiger partial charge in [0, 0.05) is 225 Å². The zero-order valence-corrected chi connectivity index (χ0v) is 102. The van der Waals surface area contributed by atoms with Gasteiger partial charge in [-0.2, -0.15) is 0 Å². The van der Waals surface area contributed by atoms with Gasteiger partial charge in [0.25, 0.3) is 0 Å². The minimum Gasteiger partial charge on any atom is -0.469 e. The van der Waals surface area contributed by atoms with Crippen molar-refractivity contribution < 1.29 is 77.1 Å². The summed E-state index contributed by atoms with van der Waals surface area (Å²) in [4.78, 5) is 28.8. The highest BCUT2D eigenvalue weighted by molar-refractivity contribution is 6.32. The van der Waals surface area contributed by atoms with Crippen molar-refractivity contribution in [3.8, 4) is 0 Å². The third kappa shape index (κ3) is 138. The summed E-state index contributed by atoms with van der Waals surface area (Å²) in [5.74, 6) is -0.736. The molecule has 676 valence electrons. The zero-order chi connectivity index (χ0) is 92.7. The van der Waals surface area contributed by atoms with Gasteiger partial charge in [-0.1, -0.05) is 335 Å². The van der Waals surface area contributed by atoms with Crippen molar-refractivity contribution in [3.63, 3.8) is 0 Å². The minimum absolute atomic E-state index is 0.0294. The number of aliphatic hydroxyl groups excluding tert-OH is 3. The molecule has 0 fully saturated rings. The van der Waals surface area contributed by atoms with Gasteiger partial charge in [0.2, 0.25) is 0 Å². The van der Waals surface area contributed by atoms with Crippen molar-refractivity contribution in [3.05, 3.63) is 306 Å². The van der Waals surface area contributed by atoms with Gasteiger partial charge < -0.3 is 62.7 Å². The first-order valence-electron chi connectivity index (χ1n) is 40.7. The van der Waals surface area contributed by atoms with Crippen LogP contribution in [0.2, 0.25) is 30.2 Å². The molecule has 119 heavy (non-hydrogen) atoms. The van der Waals surface area contributed by atoms with Crippen LogP contribution in [0.1, 0.15) is 73.9 Å². The fraction of sp³-hybridized carbons (Fsp3) is 0.380. The van der Waals surface area contributed by atoms with Crippen molar-refractivity contribution in [2.24, 2.45) is 0 Å². The molecule has 0 saturated carbocycles. The van der Waals surface area contributed by atoms with Crippen LogP contribution in [0.5, 0.6) is 0 Å². The Hall–Kier alpha value is -6.62. The van der Waals surface area contributed by atoms with Gasteiger partial charge in [0.05, 0.1) is 21.3 Å². The molecule has 16 nitrogen and oxygen atoms in total. The minimum atomic E-state index is -0.245. The number of carbonyl (C=O) groups excluding carboxylic acids is 3. The number of hydrogen-bond donors (Lipinski definition) is 3. The van der Waals surface area contributed by atoms with Gasteiger partial charge in [0.1, 0.15) is 6.79 Å². The first-order valence-corrected chi connectivity index (χ1v) is 55.0. The van der Waals surface area contributed by atoms with Gasteiger partial charge in [-0.05, 0) is 73.9 Å². The van der Waals surface area contributed by atoms with Crippen molar-refractivity contribution >= 4 is 146 Å². The van der Waals surface area contributed by atoms with E-state index in [0.717, 1.165) is 34.5 Å². The molecule has 0 aliphatic heterocycles. The van der Waals surface area contributed by atoms with Gasteiger partial charge in [-0.3, -0.25) is 14.4 Å². The molecule has 0 bridgehead atoms. The lowest BCUT2D eigenvalue weighted by Crippen LogP contribution is -2.10. The van der Waals surface area contributed by atoms with Gasteiger partial charge in [0.15, 0.2) is 6.29 Å². The highest BCUT2D eigenvalue weighted by Gasteiger charge is 1.95. The molecule has 0 radical (unpaired) electrons. The predicted molar refractivity (Wildman–Crippen MR) is 558 cm³/mol. The number of carbonyl (C=O) groups is 3. The second-order valence-electron chi connectivity index (χ2n) is 24.2. The third-order valence-corrected chi connectivity index (χ3v) is 21.0. The number of benzene rings is 9. The van der Waals surface area contributed by atoms with Crippen LogP contribution in [-0.4, -0.2) is 272 Å². The Morgan fingerprint density at radius 3 is 0.597 bits per heavy atom. The average Bonchev–Trinajstić information content (AvgIpc) is 0.971. The standard InChI is InChI=1S/3C8H12Si.3C7H10Si.C6H16O2Si.3C6H8Si.C5H14O2Si.3C3H6O2.3C2H6O.3CH4O/c3*9-7-6-8-4-2-1-3-5-8;3*8-6-7-4-2-1-3-5-7;1-6(7-2)8-4-3-5-9;3*7-6-4-2-1-3-5-6;1-6-5-7-3-2-4-8;3*1-3(4)5-2;3*1-3-2;3*1-2/h3*1-5H,6-7H2,9H3;3*1-5H,6H2,8H3;6H,3-5H2,1-2,9H3;3*1-5H,7H3;2-5H2,1,8H3;3*1-2H3;3*1-2H3;3*2H,1H3. The van der Waals surface area contributed by atoms with Crippen LogP contribution >= 0.6 is 0 Å². The van der Waals surface area contributed by atoms with E-state index in [-0.39, 0.29) is 24.2 Å². The topological polar surface area (TPSA) is 204 Å². The highest BCUT2D eigenvalue weighted by atomic mass is 28.2. The number of hydrogen-bond acceptors (Lipinski definition) is 16. The first kappa shape index (κ1) is 136. The Bertz CT molecular complexity index is 2870. The fourth-order valence-electron chi connectivity index (χ4n) is 7.39. The summed E-state index contributed by atoms with van der Waals surface area (Å²) < 4.78 is 44.9. The maximum absolute atomic E-state index is 9.59. The molecule has 27 heteroatoms. The summed E-state index contributed by atoms with van der Waals surface area (Å²) in [7, 11) is 34.0. The molecule has 0 aliphatic rings. The lowest BCUT2D eigenvalue weighted by Gasteiger charge is -2.09. The lowest BCUT2D eigenvalue weighted by atomic mass is 10.2. The smallest absolute Gasteiger partial charge is 0.302 e. The Labute approximate surface area is 758 Å². The maximum Gasteiger partial charge on any atom is 0.302 e. The van der Waals surface area contributed by atoms with E-state index < -0.39 is 0 Å². The number of rotatable bonds is 19. The van der Waals surface area contributed by atoms with Crippen molar-refractivity contribution in [1.29, 1.82) is 0 Å². The van der Waals surface area contributed by atoms with Crippen LogP contribution in [0.4, 0.5) is 0 Å². The molecular formula is C92H168O16Si11. The highest BCUT2D eigenvalue weighted by Crippen LogP contribution is 2.03. The molecule has 0 saturated heterocycles. The van der Waals surface area contributed by atoms with Crippen LogP contribution in [-0.2, 0) is 99.1 Å². The number of aryl methyl sites for hydroxylation is 3. The van der Waals surface area contributed by atoms with Gasteiger partial charge in [-0.15, -0.1) is 0 Å². The van der Waals surface area contributed by atoms with E-state index in [1.165, 1.54) is 284 Å². The second-order valence-corrected chi connectivity index (χ2v) is 34.8. The van der Waals surface area contributed by atoms with Crippen molar-refractivity contribution in [2.75, 3.05) is 120 Å². The van der Waals surface area contributed by atoms with E-state index in [4.69, 9.17) is 29.5 Å². The van der Waals surface area contributed by atoms with E-state index >= 15 is 0 Å². The lowest BCUT2D eigenvalue weighted by molar-refractivity contribution is -0.138. The van der Waals surface area contributed by atoms with Crippen LogP contribution in [0.3, 0.4) is 0 Å². The normalized spacial score (nSPS) is 8.95. The van der Waals surface area contributed by atoms with E-state index in [1.54, 1.807) is 56.9 Å². The molecule has 1 unspecified atom stereocenters. The largest absolute Gasteiger partial charge is 0.469 e. The SMILES string of the molecule is CO.CO.CO.COC.COC.COC.COC(C)=O.COC(C)=O.COC(C)=O.COC(C)OCCC[SiH3].COCOCCC[SiH3].[SiH3]CCc1ccccc1.[SiH3]CCc1ccccc1.[SiH3]CCc1ccccc1.[SiH3]Cc1ccccc1.[SiH3]Cc1ccccc1.[SiH3]Cc1ccccc1.[SiH3]c1ccccc1.[SiH3]c1ccccc1.[SiH3]c1ccccc1. The third-order valence-electron chi connectivity index (χ3n) is 13.6. The summed E-state index contributed by atoms with van der Waals surface area (Å²) in [6.45, 7) is 8.14. The number of aliphatic hydroxyl groups is 3. The predicted octanol–water partition coefficient (Wildman–Crippen LogP) is 3.83. The van der Waals surface area contributed by atoms with Crippen molar-refractivity contribution in [1.82, 2.24) is 0 Å². The Kier molecular flexibility index (Phi) is 145. The summed E-state index contributed by atoms with van der Waals surface area (Å²) in [6, 6.07) is 106. The summed E-state index contributed by atoms with van der Waals surface area (Å²) in [5, 5.41) is 25.4. The fourth-order valence-corrected chi connectivity index (χ4v) is 12.3. The Morgan fingerprint density at radius 1 is 0.294 bits per heavy atom. The van der Waals surface area contributed by atoms with Crippen LogP contribution < -0.4 is 15.6 Å². The monoisotopic (exact) mass is 1840 g/mol. The average molecular weight is 1840 g/mol. The number of methoxy groups -OCH3 is 8. The molecule has 0 aliphatic carbocycles. The Balaban J connectivity index is -0.000000116. The molecule has 3 N–H and O–H groups in total. The van der Waals surface area contributed by atoms with E-state index in [0.29, 0.717) is 6.79 Å². The summed E-state index contributed by atoms with van der Waals surface area (Å²) >= 11 is 0. The number of ether oxygens (including phenoxy) is 10. The molecular weight excluding hydrogens is 1670 g/mol. The van der Waals surface area contributed by atoms with Crippen LogP contribution in [0.15, 0.2) is 273 Å². The Morgan fingerprint density at radius 2 is 0.471 bits per heavy atom. The molecule has 0 heterocycles. The quantitative estimate of drug-likeness (QED) is 0.0346. The van der Waals surface area contributed by atoms with Crippen LogP contribution in [0, 0.1) is 0 Å². The summed E-state index contributed by atoms with van der Waals surface area (Å²) in [6.07, 6.45) is 6.15. The maximum atomic E-state index is 9.59. The molecule has 0 amide bonds. The van der Waals surface area contributed by atoms with Gasteiger partial charge >= 0.3 is 17.9 Å². The molecule has 1 atom stereocenters. The van der Waals surface area contributed by atoms with Gasteiger partial charge in [-0.25, -0.2) is 0 Å². The second kappa shape index (κ2) is 127. The van der Waals surface area contributed by atoms with E-state index in [9.17, 15) is 14.4 Å².